The highest BCUT2D eigenvalue weighted by Crippen LogP contribution is 2.30. The lowest BCUT2D eigenvalue weighted by molar-refractivity contribution is -0.384. The third-order valence-corrected chi connectivity index (χ3v) is 4.58. The first-order valence-electron chi connectivity index (χ1n) is 7.30. The molecule has 1 heterocycles. The normalized spacial score (nSPS) is 13.1. The lowest BCUT2D eigenvalue weighted by Gasteiger charge is -2.18. The van der Waals surface area contributed by atoms with Crippen molar-refractivity contribution in [2.24, 2.45) is 0 Å². The molecule has 3 N–H and O–H groups in total. The van der Waals surface area contributed by atoms with Crippen molar-refractivity contribution >= 4 is 28.7 Å². The Morgan fingerprint density at radius 1 is 1.32 bits per heavy atom. The average Bonchev–Trinajstić information content (AvgIpc) is 3.08. The number of non-ortho nitro benzene ring substituents is 1. The number of nitro groups is 1. The van der Waals surface area contributed by atoms with Crippen LogP contribution in [-0.4, -0.2) is 45.6 Å². The second-order valence-electron chi connectivity index (χ2n) is 5.29. The molecule has 2 aromatic rings. The number of hydrogen-bond donors (Lipinski definition) is 3. The van der Waals surface area contributed by atoms with Gasteiger partial charge in [0.2, 0.25) is 0 Å². The number of rotatable bonds is 7. The molecule has 0 saturated carbocycles. The lowest BCUT2D eigenvalue weighted by Crippen LogP contribution is -2.48. The highest BCUT2D eigenvalue weighted by Gasteiger charge is 2.25. The van der Waals surface area contributed by atoms with Gasteiger partial charge >= 0.3 is 0 Å². The molecule has 0 fully saturated rings. The zero-order valence-corrected chi connectivity index (χ0v) is 14.0. The van der Waals surface area contributed by atoms with Crippen LogP contribution in [0.4, 0.5) is 5.69 Å². The number of nitro benzene ring substituents is 1. The zero-order chi connectivity index (χ0) is 18.6. The van der Waals surface area contributed by atoms with Crippen LogP contribution in [0, 0.1) is 10.1 Å². The molecule has 0 radical (unpaired) electrons. The monoisotopic (exact) mass is 364 g/mol. The second-order valence-corrected chi connectivity index (χ2v) is 6.37. The molecule has 0 spiro atoms. The number of amides is 1. The number of thiophene rings is 1. The lowest BCUT2D eigenvalue weighted by atomic mass is 10.1. The number of carbonyl (C=O) groups is 2. The van der Waals surface area contributed by atoms with Crippen molar-refractivity contribution in [3.63, 3.8) is 0 Å². The Bertz CT molecular complexity index is 801. The number of nitrogens with one attached hydrogen (secondary N) is 1. The van der Waals surface area contributed by atoms with Gasteiger partial charge < -0.3 is 15.5 Å². The van der Waals surface area contributed by atoms with E-state index in [9.17, 15) is 24.8 Å². The highest BCUT2D eigenvalue weighted by atomic mass is 32.1. The maximum absolute atomic E-state index is 12.2. The fourth-order valence-electron chi connectivity index (χ4n) is 2.17. The molecule has 1 aromatic heterocycles. The first-order chi connectivity index (χ1) is 11.8. The summed E-state index contributed by atoms with van der Waals surface area (Å²) in [5.74, 6) is -1.27. The molecule has 25 heavy (non-hydrogen) atoms. The molecule has 0 aliphatic rings. The largest absolute Gasteiger partial charge is 0.391 e. The Labute approximate surface area is 146 Å². The van der Waals surface area contributed by atoms with E-state index in [0.717, 1.165) is 11.3 Å². The molecule has 2 atom stereocenters. The van der Waals surface area contributed by atoms with Gasteiger partial charge in [0.1, 0.15) is 12.6 Å². The number of aliphatic hydroxyl groups is 2. The van der Waals surface area contributed by atoms with Gasteiger partial charge in [0, 0.05) is 17.0 Å². The van der Waals surface area contributed by atoms with Crippen molar-refractivity contribution in [1.82, 2.24) is 5.32 Å². The van der Waals surface area contributed by atoms with Crippen molar-refractivity contribution in [1.29, 1.82) is 0 Å². The van der Waals surface area contributed by atoms with Crippen LogP contribution in [-0.2, 0) is 4.79 Å². The Hall–Kier alpha value is -2.62. The van der Waals surface area contributed by atoms with Crippen LogP contribution in [0.25, 0.3) is 10.4 Å². The molecule has 0 aliphatic heterocycles. The Kier molecular flexibility index (Phi) is 5.97. The molecule has 132 valence electrons. The van der Waals surface area contributed by atoms with Crippen LogP contribution < -0.4 is 5.32 Å². The summed E-state index contributed by atoms with van der Waals surface area (Å²) in [6, 6.07) is 7.98. The van der Waals surface area contributed by atoms with Gasteiger partial charge in [0.15, 0.2) is 5.78 Å². The molecule has 1 amide bonds. The van der Waals surface area contributed by atoms with Crippen LogP contribution in [0.5, 0.6) is 0 Å². The number of hydrogen-bond acceptors (Lipinski definition) is 7. The quantitative estimate of drug-likeness (QED) is 0.502. The number of ketones is 1. The van der Waals surface area contributed by atoms with Crippen molar-refractivity contribution < 1.29 is 24.7 Å². The van der Waals surface area contributed by atoms with E-state index >= 15 is 0 Å². The second kappa shape index (κ2) is 7.97. The number of aliphatic hydroxyl groups excluding tert-OH is 2. The predicted octanol–water partition coefficient (Wildman–Crippen LogP) is 1.36. The van der Waals surface area contributed by atoms with Crippen LogP contribution in [0.15, 0.2) is 36.4 Å². The van der Waals surface area contributed by atoms with Gasteiger partial charge in [0.05, 0.1) is 15.9 Å². The van der Waals surface area contributed by atoms with E-state index in [0.29, 0.717) is 10.4 Å². The average molecular weight is 364 g/mol. The maximum atomic E-state index is 12.2. The van der Waals surface area contributed by atoms with Gasteiger partial charge in [-0.2, -0.15) is 0 Å². The number of benzene rings is 1. The maximum Gasteiger partial charge on any atom is 0.270 e. The van der Waals surface area contributed by atoms with E-state index < -0.39 is 35.4 Å². The van der Waals surface area contributed by atoms with Gasteiger partial charge in [-0.1, -0.05) is 12.1 Å². The zero-order valence-electron chi connectivity index (χ0n) is 13.2. The fourth-order valence-corrected chi connectivity index (χ4v) is 3.07. The number of carbonyl (C=O) groups excluding carboxylic acids is 2. The molecule has 0 bridgehead atoms. The van der Waals surface area contributed by atoms with Gasteiger partial charge in [0.25, 0.3) is 11.6 Å². The molecular formula is C16H16N2O6S. The molecule has 0 unspecified atom stereocenters. The Morgan fingerprint density at radius 3 is 2.64 bits per heavy atom. The minimum Gasteiger partial charge on any atom is -0.391 e. The van der Waals surface area contributed by atoms with Crippen molar-refractivity contribution in [2.45, 2.75) is 19.1 Å². The third kappa shape index (κ3) is 4.47. The van der Waals surface area contributed by atoms with Crippen LogP contribution in [0.3, 0.4) is 0 Å². The molecule has 1 aromatic carbocycles. The summed E-state index contributed by atoms with van der Waals surface area (Å²) in [6.07, 6.45) is -1.15. The minimum atomic E-state index is -1.21. The van der Waals surface area contributed by atoms with Crippen molar-refractivity contribution in [3.8, 4) is 10.4 Å². The smallest absolute Gasteiger partial charge is 0.270 e. The summed E-state index contributed by atoms with van der Waals surface area (Å²) in [4.78, 5) is 35.1. The minimum absolute atomic E-state index is 0.0559. The van der Waals surface area contributed by atoms with E-state index in [1.54, 1.807) is 18.2 Å². The molecular weight excluding hydrogens is 348 g/mol. The Balaban J connectivity index is 2.20. The van der Waals surface area contributed by atoms with Crippen molar-refractivity contribution in [2.75, 3.05) is 6.61 Å². The van der Waals surface area contributed by atoms with Crippen molar-refractivity contribution in [3.05, 3.63) is 51.4 Å². The van der Waals surface area contributed by atoms with E-state index in [4.69, 9.17) is 5.11 Å². The van der Waals surface area contributed by atoms with E-state index in [1.807, 2.05) is 0 Å². The fraction of sp³-hybridized carbons (Fsp3) is 0.250. The molecule has 2 rings (SSSR count). The number of nitrogens with zero attached hydrogens (tertiary/aromatic N) is 1. The molecule has 8 nitrogen and oxygen atoms in total. The van der Waals surface area contributed by atoms with Gasteiger partial charge in [-0.3, -0.25) is 19.7 Å². The SMILES string of the molecule is C[C@@H](O)[C@H](NC(=O)c1ccc(-c2cccc([N+](=O)[O-])c2)s1)C(=O)CO. The Morgan fingerprint density at radius 2 is 2.04 bits per heavy atom. The predicted molar refractivity (Wildman–Crippen MR) is 91.4 cm³/mol. The van der Waals surface area contributed by atoms with Crippen LogP contribution >= 0.6 is 11.3 Å². The van der Waals surface area contributed by atoms with Gasteiger partial charge in [-0.25, -0.2) is 0 Å². The van der Waals surface area contributed by atoms with E-state index in [-0.39, 0.29) is 10.6 Å². The van der Waals surface area contributed by atoms with E-state index in [1.165, 1.54) is 25.1 Å². The molecule has 0 aliphatic carbocycles. The summed E-state index contributed by atoms with van der Waals surface area (Å²) < 4.78 is 0. The summed E-state index contributed by atoms with van der Waals surface area (Å²) >= 11 is 1.10. The standard InChI is InChI=1S/C16H16N2O6S/c1-9(20)15(12(21)8-19)17-16(22)14-6-5-13(25-14)10-3-2-4-11(7-10)18(23)24/h2-7,9,15,19-20H,8H2,1H3,(H,17,22)/t9-,15+/m1/s1. The molecule has 0 saturated heterocycles. The highest BCUT2D eigenvalue weighted by molar-refractivity contribution is 7.17. The van der Waals surface area contributed by atoms with Gasteiger partial charge in [-0.05, 0) is 24.6 Å². The first kappa shape index (κ1) is 18.7. The summed E-state index contributed by atoms with van der Waals surface area (Å²) in [5, 5.41) is 31.7. The van der Waals surface area contributed by atoms with Gasteiger partial charge in [-0.15, -0.1) is 11.3 Å². The first-order valence-corrected chi connectivity index (χ1v) is 8.12. The summed E-state index contributed by atoms with van der Waals surface area (Å²) in [5.41, 5.74) is 0.538. The van der Waals surface area contributed by atoms with Crippen LogP contribution in [0.2, 0.25) is 0 Å². The van der Waals surface area contributed by atoms with E-state index in [2.05, 4.69) is 5.32 Å². The summed E-state index contributed by atoms with van der Waals surface area (Å²) in [6.45, 7) is 0.542. The summed E-state index contributed by atoms with van der Waals surface area (Å²) in [7, 11) is 0. The molecule has 9 heteroatoms. The number of Topliss-reactive ketones (excluding diaryl/α,β-unsaturated/α-hetero) is 1. The van der Waals surface area contributed by atoms with Crippen LogP contribution in [0.1, 0.15) is 16.6 Å². The topological polar surface area (TPSA) is 130 Å². The third-order valence-electron chi connectivity index (χ3n) is 3.44.